The Morgan fingerprint density at radius 1 is 1.13 bits per heavy atom. The summed E-state index contributed by atoms with van der Waals surface area (Å²) in [5.74, 6) is 0.775. The van der Waals surface area contributed by atoms with Crippen LogP contribution in [0.1, 0.15) is 32.2 Å². The van der Waals surface area contributed by atoms with E-state index >= 15 is 0 Å². The summed E-state index contributed by atoms with van der Waals surface area (Å²) in [6.45, 7) is 9.72. The average Bonchev–Trinajstić information content (AvgIpc) is 2.90. The Morgan fingerprint density at radius 3 is 2.74 bits per heavy atom. The van der Waals surface area contributed by atoms with Gasteiger partial charge in [-0.2, -0.15) is 0 Å². The summed E-state index contributed by atoms with van der Waals surface area (Å²) < 4.78 is 7.79. The summed E-state index contributed by atoms with van der Waals surface area (Å²) in [7, 11) is 0. The molecule has 5 nitrogen and oxygen atoms in total. The van der Waals surface area contributed by atoms with Gasteiger partial charge < -0.3 is 4.74 Å². The van der Waals surface area contributed by atoms with Gasteiger partial charge in [-0.05, 0) is 24.5 Å². The largest absolute Gasteiger partial charge is 0.485 e. The minimum Gasteiger partial charge on any atom is -0.485 e. The zero-order chi connectivity index (χ0) is 16.4. The Morgan fingerprint density at radius 2 is 1.96 bits per heavy atom. The van der Waals surface area contributed by atoms with Gasteiger partial charge in [-0.1, -0.05) is 44.2 Å². The van der Waals surface area contributed by atoms with Gasteiger partial charge in [-0.3, -0.25) is 4.68 Å². The van der Waals surface area contributed by atoms with Gasteiger partial charge in [0.05, 0.1) is 6.20 Å². The lowest BCUT2D eigenvalue weighted by atomic mass is 9.97. The van der Waals surface area contributed by atoms with Crippen LogP contribution in [0.2, 0.25) is 0 Å². The molecule has 3 rings (SSSR count). The number of fused-ring (bicyclic) bond motifs is 1. The molecule has 0 atom stereocenters. The first-order valence-corrected chi connectivity index (χ1v) is 7.79. The van der Waals surface area contributed by atoms with Gasteiger partial charge in [0.25, 0.3) is 0 Å². The maximum atomic E-state index is 5.93. The van der Waals surface area contributed by atoms with E-state index in [9.17, 15) is 0 Å². The Bertz CT molecular complexity index is 817. The standard InChI is InChI=1S/C18H22N4O/c1-13-8-9-14-6-5-7-16(17(14)19-13)23-11-15-10-22(21-20-15)12-18(2,3)4/h5-10H,11-12H2,1-4H3. The Labute approximate surface area is 136 Å². The Hall–Kier alpha value is -2.43. The van der Waals surface area contributed by atoms with Crippen LogP contribution in [0, 0.1) is 12.3 Å². The molecule has 0 aliphatic rings. The van der Waals surface area contributed by atoms with Gasteiger partial charge in [0.2, 0.25) is 0 Å². The minimum atomic E-state index is 0.170. The first-order chi connectivity index (χ1) is 10.9. The fourth-order valence-corrected chi connectivity index (χ4v) is 2.45. The SMILES string of the molecule is Cc1ccc2cccc(OCc3cn(CC(C)(C)C)nn3)c2n1. The highest BCUT2D eigenvalue weighted by atomic mass is 16.5. The second kappa shape index (κ2) is 5.99. The molecule has 0 radical (unpaired) electrons. The molecule has 0 spiro atoms. The molecular formula is C18H22N4O. The molecule has 0 fully saturated rings. The van der Waals surface area contributed by atoms with Crippen molar-refractivity contribution >= 4 is 10.9 Å². The van der Waals surface area contributed by atoms with Crippen molar-refractivity contribution in [2.75, 3.05) is 0 Å². The number of ether oxygens (including phenoxy) is 1. The highest BCUT2D eigenvalue weighted by Gasteiger charge is 2.13. The van der Waals surface area contributed by atoms with Gasteiger partial charge in [0, 0.05) is 17.6 Å². The number of aromatic nitrogens is 4. The third-order valence-corrected chi connectivity index (χ3v) is 3.42. The van der Waals surface area contributed by atoms with Crippen LogP contribution in [-0.2, 0) is 13.2 Å². The van der Waals surface area contributed by atoms with Crippen molar-refractivity contribution < 1.29 is 4.74 Å². The van der Waals surface area contributed by atoms with E-state index in [1.54, 1.807) is 0 Å². The fraction of sp³-hybridized carbons (Fsp3) is 0.389. The van der Waals surface area contributed by atoms with E-state index in [0.29, 0.717) is 6.61 Å². The zero-order valence-corrected chi connectivity index (χ0v) is 14.1. The molecule has 1 aromatic carbocycles. The van der Waals surface area contributed by atoms with E-state index in [2.05, 4.69) is 42.1 Å². The lowest BCUT2D eigenvalue weighted by Gasteiger charge is -2.16. The number of hydrogen-bond donors (Lipinski definition) is 0. The predicted octanol–water partition coefficient (Wildman–Crippen LogP) is 3.76. The van der Waals surface area contributed by atoms with Crippen molar-refractivity contribution in [3.05, 3.63) is 47.9 Å². The lowest BCUT2D eigenvalue weighted by Crippen LogP contribution is -2.15. The number of nitrogens with zero attached hydrogens (tertiary/aromatic N) is 4. The van der Waals surface area contributed by atoms with Crippen LogP contribution in [0.25, 0.3) is 10.9 Å². The van der Waals surface area contributed by atoms with Crippen molar-refractivity contribution in [2.24, 2.45) is 5.41 Å². The molecule has 0 bridgehead atoms. The van der Waals surface area contributed by atoms with Crippen molar-refractivity contribution in [1.29, 1.82) is 0 Å². The molecule has 3 aromatic rings. The van der Waals surface area contributed by atoms with Crippen LogP contribution in [0.15, 0.2) is 36.5 Å². The number of aryl methyl sites for hydroxylation is 1. The molecule has 0 saturated carbocycles. The lowest BCUT2D eigenvalue weighted by molar-refractivity contribution is 0.304. The van der Waals surface area contributed by atoms with Crippen molar-refractivity contribution in [2.45, 2.75) is 40.8 Å². The summed E-state index contributed by atoms with van der Waals surface area (Å²) >= 11 is 0. The molecule has 2 heterocycles. The minimum absolute atomic E-state index is 0.170. The second-order valence-corrected chi connectivity index (χ2v) is 7.04. The van der Waals surface area contributed by atoms with E-state index in [4.69, 9.17) is 4.74 Å². The number of benzene rings is 1. The summed E-state index contributed by atoms with van der Waals surface area (Å²) in [5.41, 5.74) is 2.85. The molecular weight excluding hydrogens is 288 g/mol. The fourth-order valence-electron chi connectivity index (χ4n) is 2.45. The van der Waals surface area contributed by atoms with Crippen LogP contribution in [0.4, 0.5) is 0 Å². The van der Waals surface area contributed by atoms with Crippen LogP contribution in [0.3, 0.4) is 0 Å². The normalized spacial score (nSPS) is 11.8. The Kier molecular flexibility index (Phi) is 4.03. The molecule has 120 valence electrons. The molecule has 0 N–H and O–H groups in total. The van der Waals surface area contributed by atoms with E-state index in [-0.39, 0.29) is 5.41 Å². The van der Waals surface area contributed by atoms with E-state index in [1.165, 1.54) is 0 Å². The smallest absolute Gasteiger partial charge is 0.146 e. The molecule has 23 heavy (non-hydrogen) atoms. The van der Waals surface area contributed by atoms with E-state index in [1.807, 2.05) is 42.1 Å². The highest BCUT2D eigenvalue weighted by molar-refractivity contribution is 5.84. The number of para-hydroxylation sites is 1. The number of pyridine rings is 1. The topological polar surface area (TPSA) is 52.8 Å². The first kappa shape index (κ1) is 15.5. The molecule has 0 amide bonds. The van der Waals surface area contributed by atoms with Crippen LogP contribution < -0.4 is 4.74 Å². The summed E-state index contributed by atoms with van der Waals surface area (Å²) in [6.07, 6.45) is 1.94. The summed E-state index contributed by atoms with van der Waals surface area (Å²) in [4.78, 5) is 4.58. The third-order valence-electron chi connectivity index (χ3n) is 3.42. The molecule has 5 heteroatoms. The van der Waals surface area contributed by atoms with Gasteiger partial charge >= 0.3 is 0 Å². The van der Waals surface area contributed by atoms with E-state index < -0.39 is 0 Å². The molecule has 2 aromatic heterocycles. The maximum absolute atomic E-state index is 5.93. The molecule has 0 unspecified atom stereocenters. The molecule has 0 saturated heterocycles. The van der Waals surface area contributed by atoms with Gasteiger partial charge in [0.1, 0.15) is 23.6 Å². The molecule has 0 aliphatic carbocycles. The number of rotatable bonds is 4. The monoisotopic (exact) mass is 310 g/mol. The van der Waals surface area contributed by atoms with Crippen LogP contribution >= 0.6 is 0 Å². The summed E-state index contributed by atoms with van der Waals surface area (Å²) in [6, 6.07) is 10.0. The highest BCUT2D eigenvalue weighted by Crippen LogP contribution is 2.24. The van der Waals surface area contributed by atoms with Gasteiger partial charge in [-0.25, -0.2) is 4.98 Å². The first-order valence-electron chi connectivity index (χ1n) is 7.79. The van der Waals surface area contributed by atoms with E-state index in [0.717, 1.165) is 34.6 Å². The van der Waals surface area contributed by atoms with Crippen molar-refractivity contribution in [3.63, 3.8) is 0 Å². The average molecular weight is 310 g/mol. The van der Waals surface area contributed by atoms with Crippen molar-refractivity contribution in [1.82, 2.24) is 20.0 Å². The zero-order valence-electron chi connectivity index (χ0n) is 14.1. The van der Waals surface area contributed by atoms with Crippen LogP contribution in [-0.4, -0.2) is 20.0 Å². The second-order valence-electron chi connectivity index (χ2n) is 7.04. The third kappa shape index (κ3) is 3.86. The van der Waals surface area contributed by atoms with Gasteiger partial charge in [0.15, 0.2) is 0 Å². The Balaban J connectivity index is 1.75. The molecule has 0 aliphatic heterocycles. The number of hydrogen-bond acceptors (Lipinski definition) is 4. The predicted molar refractivity (Wildman–Crippen MR) is 90.3 cm³/mol. The summed E-state index contributed by atoms with van der Waals surface area (Å²) in [5, 5.41) is 9.42. The maximum Gasteiger partial charge on any atom is 0.146 e. The quantitative estimate of drug-likeness (QED) is 0.736. The van der Waals surface area contributed by atoms with Crippen LogP contribution in [0.5, 0.6) is 5.75 Å². The van der Waals surface area contributed by atoms with Gasteiger partial charge in [-0.15, -0.1) is 5.10 Å². The van der Waals surface area contributed by atoms with Crippen molar-refractivity contribution in [3.8, 4) is 5.75 Å².